The molecule has 25 heavy (non-hydrogen) atoms. The summed E-state index contributed by atoms with van der Waals surface area (Å²) < 4.78 is 5.23. The second kappa shape index (κ2) is 6.68. The number of hydrogen-bond acceptors (Lipinski definition) is 7. The first-order valence-electron chi connectivity index (χ1n) is 7.66. The number of hydrogen-bond donors (Lipinski definition) is 1. The topological polar surface area (TPSA) is 97.0 Å². The van der Waals surface area contributed by atoms with Crippen molar-refractivity contribution in [3.63, 3.8) is 0 Å². The van der Waals surface area contributed by atoms with E-state index in [4.69, 9.17) is 4.52 Å². The number of pyridine rings is 1. The Morgan fingerprint density at radius 1 is 1.20 bits per heavy atom. The fraction of sp³-hybridized carbons (Fsp3) is 0.235. The molecule has 3 heterocycles. The molecule has 0 saturated carbocycles. The quantitative estimate of drug-likeness (QED) is 0.780. The van der Waals surface area contributed by atoms with Gasteiger partial charge in [0.15, 0.2) is 11.5 Å². The Kier molecular flexibility index (Phi) is 4.42. The fourth-order valence-electron chi connectivity index (χ4n) is 2.28. The third-order valence-electron chi connectivity index (χ3n) is 3.59. The highest BCUT2D eigenvalue weighted by Crippen LogP contribution is 2.22. The Morgan fingerprint density at radius 3 is 2.52 bits per heavy atom. The summed E-state index contributed by atoms with van der Waals surface area (Å²) >= 11 is 0. The Morgan fingerprint density at radius 2 is 1.92 bits per heavy atom. The molecular formula is C17H18N6O2. The van der Waals surface area contributed by atoms with Crippen molar-refractivity contribution in [2.24, 2.45) is 0 Å². The van der Waals surface area contributed by atoms with Gasteiger partial charge in [-0.3, -0.25) is 9.78 Å². The van der Waals surface area contributed by atoms with E-state index in [2.05, 4.69) is 25.4 Å². The van der Waals surface area contributed by atoms with Gasteiger partial charge in [-0.25, -0.2) is 9.97 Å². The summed E-state index contributed by atoms with van der Waals surface area (Å²) in [6, 6.07) is 5.19. The summed E-state index contributed by atoms with van der Waals surface area (Å²) in [5, 5.41) is 6.64. The lowest BCUT2D eigenvalue weighted by Gasteiger charge is -2.15. The van der Waals surface area contributed by atoms with Crippen LogP contribution in [0.1, 0.15) is 21.9 Å². The summed E-state index contributed by atoms with van der Waals surface area (Å²) in [7, 11) is 3.73. The van der Waals surface area contributed by atoms with Crippen molar-refractivity contribution < 1.29 is 9.32 Å². The van der Waals surface area contributed by atoms with Gasteiger partial charge in [-0.1, -0.05) is 5.16 Å². The molecule has 3 rings (SSSR count). The summed E-state index contributed by atoms with van der Waals surface area (Å²) in [4.78, 5) is 27.1. The second-order valence-corrected chi connectivity index (χ2v) is 5.74. The zero-order valence-electron chi connectivity index (χ0n) is 14.4. The lowest BCUT2D eigenvalue weighted by Crippen LogP contribution is -2.18. The molecule has 3 aromatic rings. The number of anilines is 2. The van der Waals surface area contributed by atoms with Crippen LogP contribution in [0.5, 0.6) is 0 Å². The van der Waals surface area contributed by atoms with E-state index >= 15 is 0 Å². The van der Waals surface area contributed by atoms with Crippen LogP contribution in [-0.4, -0.2) is 40.1 Å². The average Bonchev–Trinajstić information content (AvgIpc) is 3.08. The van der Waals surface area contributed by atoms with Crippen LogP contribution in [0.2, 0.25) is 0 Å². The number of aromatic nitrogens is 4. The van der Waals surface area contributed by atoms with Crippen LogP contribution in [0.15, 0.2) is 35.1 Å². The monoisotopic (exact) mass is 338 g/mol. The van der Waals surface area contributed by atoms with Gasteiger partial charge in [-0.2, -0.15) is 0 Å². The van der Waals surface area contributed by atoms with E-state index in [0.29, 0.717) is 28.8 Å². The highest BCUT2D eigenvalue weighted by Gasteiger charge is 2.17. The van der Waals surface area contributed by atoms with E-state index < -0.39 is 0 Å². The average molecular weight is 338 g/mol. The third-order valence-corrected chi connectivity index (χ3v) is 3.59. The van der Waals surface area contributed by atoms with Crippen LogP contribution in [0.25, 0.3) is 11.3 Å². The van der Waals surface area contributed by atoms with Crippen molar-refractivity contribution in [1.29, 1.82) is 0 Å². The van der Waals surface area contributed by atoms with Crippen LogP contribution in [0, 0.1) is 13.8 Å². The van der Waals surface area contributed by atoms with Crippen LogP contribution < -0.4 is 10.2 Å². The summed E-state index contributed by atoms with van der Waals surface area (Å²) in [5.74, 6) is 0.686. The van der Waals surface area contributed by atoms with Crippen molar-refractivity contribution in [3.8, 4) is 11.3 Å². The number of carbonyl (C=O) groups excluding carboxylic acids is 1. The van der Waals surface area contributed by atoms with Gasteiger partial charge in [0.25, 0.3) is 5.91 Å². The Hall–Kier alpha value is -3.29. The summed E-state index contributed by atoms with van der Waals surface area (Å²) in [6.07, 6.45) is 3.31. The number of nitrogens with one attached hydrogen (secondary N) is 1. The zero-order valence-corrected chi connectivity index (χ0v) is 14.4. The predicted octanol–water partition coefficient (Wildman–Crippen LogP) is 2.46. The molecule has 3 aromatic heterocycles. The normalized spacial score (nSPS) is 10.6. The predicted molar refractivity (Wildman–Crippen MR) is 93.5 cm³/mol. The molecule has 0 bridgehead atoms. The van der Waals surface area contributed by atoms with E-state index in [1.54, 1.807) is 24.5 Å². The van der Waals surface area contributed by atoms with E-state index in [1.165, 1.54) is 0 Å². The van der Waals surface area contributed by atoms with Gasteiger partial charge in [-0.15, -0.1) is 0 Å². The zero-order chi connectivity index (χ0) is 18.0. The van der Waals surface area contributed by atoms with Crippen molar-refractivity contribution in [2.45, 2.75) is 13.8 Å². The molecule has 0 unspecified atom stereocenters. The number of rotatable bonds is 4. The Bertz CT molecular complexity index is 882. The van der Waals surface area contributed by atoms with Crippen LogP contribution in [-0.2, 0) is 0 Å². The van der Waals surface area contributed by atoms with Gasteiger partial charge in [0.2, 0.25) is 5.95 Å². The molecule has 0 aliphatic rings. The van der Waals surface area contributed by atoms with Crippen LogP contribution in [0.4, 0.5) is 11.6 Å². The molecule has 0 radical (unpaired) electrons. The fourth-order valence-corrected chi connectivity index (χ4v) is 2.28. The highest BCUT2D eigenvalue weighted by atomic mass is 16.5. The first-order chi connectivity index (χ1) is 12.0. The van der Waals surface area contributed by atoms with E-state index in [0.717, 1.165) is 5.56 Å². The molecule has 8 heteroatoms. The molecule has 0 aromatic carbocycles. The lowest BCUT2D eigenvalue weighted by molar-refractivity contribution is 0.101. The number of aryl methyl sites for hydroxylation is 2. The van der Waals surface area contributed by atoms with Gasteiger partial charge in [0, 0.05) is 38.1 Å². The van der Waals surface area contributed by atoms with Crippen molar-refractivity contribution >= 4 is 17.5 Å². The van der Waals surface area contributed by atoms with E-state index in [9.17, 15) is 4.79 Å². The van der Waals surface area contributed by atoms with Crippen LogP contribution in [0.3, 0.4) is 0 Å². The molecule has 0 aliphatic carbocycles. The minimum absolute atomic E-state index is 0.175. The molecule has 0 spiro atoms. The second-order valence-electron chi connectivity index (χ2n) is 5.74. The first-order valence-corrected chi connectivity index (χ1v) is 7.66. The number of amides is 1. The Balaban J connectivity index is 1.83. The van der Waals surface area contributed by atoms with Crippen LogP contribution >= 0.6 is 0 Å². The smallest absolute Gasteiger partial charge is 0.277 e. The largest absolute Gasteiger partial charge is 0.355 e. The van der Waals surface area contributed by atoms with Gasteiger partial charge in [-0.05, 0) is 26.0 Å². The van der Waals surface area contributed by atoms with Crippen molar-refractivity contribution in [2.75, 3.05) is 24.3 Å². The van der Waals surface area contributed by atoms with Gasteiger partial charge < -0.3 is 14.7 Å². The molecule has 128 valence electrons. The molecule has 0 aliphatic heterocycles. The molecule has 0 atom stereocenters. The maximum absolute atomic E-state index is 12.5. The minimum atomic E-state index is -0.383. The van der Waals surface area contributed by atoms with E-state index in [-0.39, 0.29) is 11.6 Å². The molecule has 1 amide bonds. The van der Waals surface area contributed by atoms with Crippen molar-refractivity contribution in [3.05, 3.63) is 47.7 Å². The molecule has 0 fully saturated rings. The highest BCUT2D eigenvalue weighted by molar-refractivity contribution is 6.03. The molecular weight excluding hydrogens is 320 g/mol. The van der Waals surface area contributed by atoms with E-state index in [1.807, 2.05) is 38.9 Å². The standard InChI is InChI=1S/C17H18N6O2/c1-10-15(11(2)20-17(19-10)23(3)4)21-16(24)13-8-14(25-22-13)12-6-5-7-18-9-12/h5-9H,1-4H3,(H,21,24). The maximum atomic E-state index is 12.5. The molecule has 8 nitrogen and oxygen atoms in total. The Labute approximate surface area is 144 Å². The number of nitrogens with zero attached hydrogens (tertiary/aromatic N) is 5. The first kappa shape index (κ1) is 16.6. The van der Waals surface area contributed by atoms with Gasteiger partial charge >= 0.3 is 0 Å². The summed E-state index contributed by atoms with van der Waals surface area (Å²) in [5.41, 5.74) is 2.86. The minimum Gasteiger partial charge on any atom is -0.355 e. The number of carbonyl (C=O) groups is 1. The maximum Gasteiger partial charge on any atom is 0.277 e. The third kappa shape index (κ3) is 3.47. The van der Waals surface area contributed by atoms with Gasteiger partial charge in [0.05, 0.1) is 17.1 Å². The van der Waals surface area contributed by atoms with Crippen molar-refractivity contribution in [1.82, 2.24) is 20.1 Å². The molecule has 0 saturated heterocycles. The summed E-state index contributed by atoms with van der Waals surface area (Å²) in [6.45, 7) is 3.64. The lowest BCUT2D eigenvalue weighted by atomic mass is 10.2. The molecule has 1 N–H and O–H groups in total. The SMILES string of the molecule is Cc1nc(N(C)C)nc(C)c1NC(=O)c1cc(-c2cccnc2)on1. The van der Waals surface area contributed by atoms with Gasteiger partial charge in [0.1, 0.15) is 0 Å².